The van der Waals surface area contributed by atoms with E-state index in [0.717, 1.165) is 22.3 Å². The molecule has 0 bridgehead atoms. The molecule has 0 atom stereocenters. The van der Waals surface area contributed by atoms with Gasteiger partial charge in [-0.15, -0.1) is 0 Å². The second kappa shape index (κ2) is 3.25. The number of pyridine rings is 2. The van der Waals surface area contributed by atoms with Gasteiger partial charge in [0.2, 0.25) is 0 Å². The van der Waals surface area contributed by atoms with Crippen molar-refractivity contribution in [1.82, 2.24) is 9.97 Å². The highest BCUT2D eigenvalue weighted by Crippen LogP contribution is 2.24. The predicted molar refractivity (Wildman–Crippen MR) is 58.0 cm³/mol. The Morgan fingerprint density at radius 1 is 1.14 bits per heavy atom. The molecular weight excluding hydrogens is 174 g/mol. The number of fused-ring (bicyclic) bond motifs is 1. The zero-order valence-corrected chi connectivity index (χ0v) is 8.36. The Labute approximate surface area is 83.0 Å². The predicted octanol–water partition coefficient (Wildman–Crippen LogP) is 2.34. The van der Waals surface area contributed by atoms with E-state index >= 15 is 0 Å². The van der Waals surface area contributed by atoms with Crippen LogP contribution in [0.5, 0.6) is 0 Å². The molecule has 0 aliphatic heterocycles. The fourth-order valence-corrected chi connectivity index (χ4v) is 1.54. The molecule has 0 aromatic carbocycles. The smallest absolute Gasteiger partial charge is 0.0940 e. The van der Waals surface area contributed by atoms with Crippen molar-refractivity contribution < 1.29 is 0 Å². The Morgan fingerprint density at radius 3 is 2.57 bits per heavy atom. The van der Waals surface area contributed by atoms with Crippen LogP contribution in [0.3, 0.4) is 0 Å². The van der Waals surface area contributed by atoms with Gasteiger partial charge in [-0.05, 0) is 18.1 Å². The first-order chi connectivity index (χ1) is 6.70. The monoisotopic (exact) mass is 187 g/mol. The lowest BCUT2D eigenvalue weighted by atomic mass is 10.1. The fraction of sp³-hybridized carbons (Fsp3) is 0.273. The van der Waals surface area contributed by atoms with Crippen LogP contribution in [-0.4, -0.2) is 9.97 Å². The molecular formula is C11H13N3. The number of nitrogens with two attached hydrogens (primary N) is 1. The van der Waals surface area contributed by atoms with Crippen LogP contribution in [0.15, 0.2) is 24.5 Å². The normalized spacial score (nSPS) is 11.1. The van der Waals surface area contributed by atoms with Crippen LogP contribution in [0.1, 0.15) is 25.5 Å². The first-order valence-corrected chi connectivity index (χ1v) is 4.69. The lowest BCUT2D eigenvalue weighted by Crippen LogP contribution is -1.97. The maximum atomic E-state index is 5.86. The molecule has 0 amide bonds. The second-order valence-electron chi connectivity index (χ2n) is 3.65. The summed E-state index contributed by atoms with van der Waals surface area (Å²) in [5.41, 5.74) is 8.55. The van der Waals surface area contributed by atoms with Crippen LogP contribution in [0.25, 0.3) is 10.9 Å². The zero-order valence-electron chi connectivity index (χ0n) is 8.36. The Bertz CT molecular complexity index is 463. The van der Waals surface area contributed by atoms with Gasteiger partial charge in [-0.25, -0.2) is 0 Å². The van der Waals surface area contributed by atoms with Crippen molar-refractivity contribution in [2.45, 2.75) is 19.8 Å². The van der Waals surface area contributed by atoms with Crippen molar-refractivity contribution in [3.05, 3.63) is 30.2 Å². The van der Waals surface area contributed by atoms with Crippen LogP contribution >= 0.6 is 0 Å². The summed E-state index contributed by atoms with van der Waals surface area (Å²) in [6, 6.07) is 3.72. The van der Waals surface area contributed by atoms with E-state index in [1.807, 2.05) is 12.1 Å². The van der Waals surface area contributed by atoms with E-state index < -0.39 is 0 Å². The summed E-state index contributed by atoms with van der Waals surface area (Å²) in [6.45, 7) is 4.21. The maximum absolute atomic E-state index is 5.86. The molecule has 0 spiro atoms. The Balaban J connectivity index is 2.81. The maximum Gasteiger partial charge on any atom is 0.0940 e. The van der Waals surface area contributed by atoms with Gasteiger partial charge in [0.25, 0.3) is 0 Å². The molecule has 3 nitrogen and oxygen atoms in total. The first kappa shape index (κ1) is 8.94. The van der Waals surface area contributed by atoms with E-state index in [4.69, 9.17) is 5.73 Å². The number of nitrogen functional groups attached to an aromatic ring is 1. The van der Waals surface area contributed by atoms with Crippen molar-refractivity contribution in [3.63, 3.8) is 0 Å². The van der Waals surface area contributed by atoms with Crippen molar-refractivity contribution in [1.29, 1.82) is 0 Å². The van der Waals surface area contributed by atoms with Gasteiger partial charge in [0, 0.05) is 23.5 Å². The number of anilines is 1. The summed E-state index contributed by atoms with van der Waals surface area (Å²) < 4.78 is 0. The van der Waals surface area contributed by atoms with E-state index in [0.29, 0.717) is 5.92 Å². The molecule has 0 unspecified atom stereocenters. The van der Waals surface area contributed by atoms with Gasteiger partial charge in [0.1, 0.15) is 0 Å². The quantitative estimate of drug-likeness (QED) is 0.745. The van der Waals surface area contributed by atoms with Crippen LogP contribution in [0.4, 0.5) is 5.69 Å². The van der Waals surface area contributed by atoms with Crippen molar-refractivity contribution >= 4 is 16.6 Å². The average Bonchev–Trinajstić information content (AvgIpc) is 2.17. The molecule has 2 heterocycles. The number of nitrogens with zero attached hydrogens (tertiary/aromatic N) is 2. The van der Waals surface area contributed by atoms with Gasteiger partial charge in [-0.2, -0.15) is 0 Å². The lowest BCUT2D eigenvalue weighted by molar-refractivity contribution is 0.831. The SMILES string of the molecule is CC(C)c1nccc2c(N)ccnc12. The fourth-order valence-electron chi connectivity index (χ4n) is 1.54. The van der Waals surface area contributed by atoms with Gasteiger partial charge in [0.15, 0.2) is 0 Å². The molecule has 3 heteroatoms. The van der Waals surface area contributed by atoms with Crippen LogP contribution in [-0.2, 0) is 0 Å². The molecule has 14 heavy (non-hydrogen) atoms. The standard InChI is InChI=1S/C11H13N3/c1-7(2)10-11-8(3-5-13-10)9(12)4-6-14-11/h3-7H,1-2H3,(H2,12,14). The molecule has 0 aliphatic rings. The van der Waals surface area contributed by atoms with Crippen LogP contribution in [0.2, 0.25) is 0 Å². The third kappa shape index (κ3) is 1.31. The van der Waals surface area contributed by atoms with Gasteiger partial charge in [-0.1, -0.05) is 13.8 Å². The molecule has 72 valence electrons. The van der Waals surface area contributed by atoms with Crippen LogP contribution in [0, 0.1) is 0 Å². The summed E-state index contributed by atoms with van der Waals surface area (Å²) in [5.74, 6) is 0.369. The third-order valence-corrected chi connectivity index (χ3v) is 2.27. The molecule has 0 saturated heterocycles. The van der Waals surface area contributed by atoms with Gasteiger partial charge < -0.3 is 5.73 Å². The van der Waals surface area contributed by atoms with Gasteiger partial charge >= 0.3 is 0 Å². The van der Waals surface area contributed by atoms with Crippen molar-refractivity contribution in [2.75, 3.05) is 5.73 Å². The lowest BCUT2D eigenvalue weighted by Gasteiger charge is -2.08. The van der Waals surface area contributed by atoms with Crippen molar-refractivity contribution in [3.8, 4) is 0 Å². The molecule has 0 aliphatic carbocycles. The molecule has 2 N–H and O–H groups in total. The van der Waals surface area contributed by atoms with E-state index in [2.05, 4.69) is 23.8 Å². The summed E-state index contributed by atoms with van der Waals surface area (Å²) in [4.78, 5) is 8.65. The molecule has 0 radical (unpaired) electrons. The molecule has 2 aromatic rings. The van der Waals surface area contributed by atoms with Crippen molar-refractivity contribution in [2.24, 2.45) is 0 Å². The summed E-state index contributed by atoms with van der Waals surface area (Å²) in [5, 5.41) is 0.992. The summed E-state index contributed by atoms with van der Waals surface area (Å²) in [6.07, 6.45) is 3.51. The van der Waals surface area contributed by atoms with E-state index in [9.17, 15) is 0 Å². The highest BCUT2D eigenvalue weighted by atomic mass is 14.8. The summed E-state index contributed by atoms with van der Waals surface area (Å²) >= 11 is 0. The zero-order chi connectivity index (χ0) is 10.1. The van der Waals surface area contributed by atoms with Gasteiger partial charge in [-0.3, -0.25) is 9.97 Å². The largest absolute Gasteiger partial charge is 0.398 e. The number of hydrogen-bond acceptors (Lipinski definition) is 3. The minimum absolute atomic E-state index is 0.369. The minimum Gasteiger partial charge on any atom is -0.398 e. The first-order valence-electron chi connectivity index (χ1n) is 4.69. The Hall–Kier alpha value is -1.64. The Kier molecular flexibility index (Phi) is 2.08. The van der Waals surface area contributed by atoms with E-state index in [1.165, 1.54) is 0 Å². The molecule has 2 rings (SSSR count). The number of hydrogen-bond donors (Lipinski definition) is 1. The van der Waals surface area contributed by atoms with Crippen LogP contribution < -0.4 is 5.73 Å². The number of rotatable bonds is 1. The third-order valence-electron chi connectivity index (χ3n) is 2.27. The van der Waals surface area contributed by atoms with E-state index in [-0.39, 0.29) is 0 Å². The van der Waals surface area contributed by atoms with E-state index in [1.54, 1.807) is 12.4 Å². The number of aromatic nitrogens is 2. The second-order valence-corrected chi connectivity index (χ2v) is 3.65. The highest BCUT2D eigenvalue weighted by molar-refractivity contribution is 5.91. The average molecular weight is 187 g/mol. The summed E-state index contributed by atoms with van der Waals surface area (Å²) in [7, 11) is 0. The topological polar surface area (TPSA) is 51.8 Å². The Morgan fingerprint density at radius 2 is 1.86 bits per heavy atom. The highest BCUT2D eigenvalue weighted by Gasteiger charge is 2.08. The molecule has 0 fully saturated rings. The van der Waals surface area contributed by atoms with Gasteiger partial charge in [0.05, 0.1) is 11.2 Å². The molecule has 2 aromatic heterocycles. The molecule has 0 saturated carbocycles. The minimum atomic E-state index is 0.369.